The zero-order chi connectivity index (χ0) is 22.6. The van der Waals surface area contributed by atoms with Crippen molar-refractivity contribution in [3.05, 3.63) is 42.4 Å². The number of rotatable bonds is 7. The second-order valence-electron chi connectivity index (χ2n) is 8.70. The number of benzene rings is 1. The normalized spacial score (nSPS) is 17.1. The van der Waals surface area contributed by atoms with Crippen LogP contribution in [0.2, 0.25) is 0 Å². The van der Waals surface area contributed by atoms with E-state index in [0.717, 1.165) is 35.3 Å². The van der Waals surface area contributed by atoms with Gasteiger partial charge in [0.15, 0.2) is 5.58 Å². The Morgan fingerprint density at radius 1 is 1.21 bits per heavy atom. The fraction of sp³-hybridized carbons (Fsp3) is 0.333. The molecular formula is C24H23N5O4. The first kappa shape index (κ1) is 19.9. The molecule has 9 heteroatoms. The Balaban J connectivity index is 1.42. The van der Waals surface area contributed by atoms with Gasteiger partial charge in [-0.05, 0) is 31.0 Å². The number of anilines is 1. The molecule has 4 aromatic rings. The maximum absolute atomic E-state index is 12.1. The van der Waals surface area contributed by atoms with Gasteiger partial charge in [0.2, 0.25) is 11.8 Å². The van der Waals surface area contributed by atoms with Gasteiger partial charge < -0.3 is 24.9 Å². The molecule has 0 radical (unpaired) electrons. The van der Waals surface area contributed by atoms with Crippen molar-refractivity contribution in [2.45, 2.75) is 18.3 Å². The molecule has 0 bridgehead atoms. The van der Waals surface area contributed by atoms with Crippen LogP contribution in [0.15, 0.2) is 41.1 Å². The van der Waals surface area contributed by atoms with Crippen molar-refractivity contribution in [2.24, 2.45) is 11.7 Å². The van der Waals surface area contributed by atoms with E-state index in [0.29, 0.717) is 53.9 Å². The third-order valence-corrected chi connectivity index (χ3v) is 6.50. The maximum Gasteiger partial charge on any atom is 0.229 e. The molecule has 1 saturated carbocycles. The summed E-state index contributed by atoms with van der Waals surface area (Å²) in [5, 5.41) is 4.75. The number of nitrogens with two attached hydrogens (primary N) is 1. The van der Waals surface area contributed by atoms with Crippen molar-refractivity contribution in [3.8, 4) is 17.2 Å². The summed E-state index contributed by atoms with van der Waals surface area (Å²) in [6.07, 6.45) is 4.87. The molecule has 9 nitrogen and oxygen atoms in total. The van der Waals surface area contributed by atoms with Gasteiger partial charge in [-0.2, -0.15) is 0 Å². The Labute approximate surface area is 189 Å². The van der Waals surface area contributed by atoms with E-state index in [-0.39, 0.29) is 5.91 Å². The van der Waals surface area contributed by atoms with Crippen LogP contribution in [0.5, 0.6) is 5.75 Å². The zero-order valence-corrected chi connectivity index (χ0v) is 18.1. The molecule has 1 aliphatic carbocycles. The summed E-state index contributed by atoms with van der Waals surface area (Å²) < 4.78 is 17.2. The van der Waals surface area contributed by atoms with E-state index in [9.17, 15) is 4.79 Å². The molecular weight excluding hydrogens is 422 g/mol. The van der Waals surface area contributed by atoms with E-state index in [4.69, 9.17) is 24.6 Å². The number of pyridine rings is 2. The van der Waals surface area contributed by atoms with Crippen molar-refractivity contribution >= 4 is 33.6 Å². The predicted octanol–water partition coefficient (Wildman–Crippen LogP) is 3.02. The molecule has 1 saturated heterocycles. The standard InChI is InChI=1S/C24H23N5O4/c1-26-21-16-8-27-20(24(4-5-24)23(25)30)7-15(16)17(9-28-21)22-29-18-6-14(2-3-19(18)33-22)32-12-13-10-31-11-13/h2-3,6-9,13H,4-5,10-12H2,1H3,(H2,25,30)(H,26,28). The topological polar surface area (TPSA) is 125 Å². The summed E-state index contributed by atoms with van der Waals surface area (Å²) in [6, 6.07) is 7.52. The monoisotopic (exact) mass is 445 g/mol. The van der Waals surface area contributed by atoms with Crippen molar-refractivity contribution in [1.29, 1.82) is 0 Å². The molecule has 3 N–H and O–H groups in total. The molecule has 3 aromatic heterocycles. The third-order valence-electron chi connectivity index (χ3n) is 6.50. The Hall–Kier alpha value is -3.72. The minimum absolute atomic E-state index is 0.346. The van der Waals surface area contributed by atoms with Gasteiger partial charge in [-0.25, -0.2) is 9.97 Å². The average molecular weight is 445 g/mol. The van der Waals surface area contributed by atoms with E-state index in [1.165, 1.54) is 0 Å². The van der Waals surface area contributed by atoms with Gasteiger partial charge in [0.1, 0.15) is 17.1 Å². The molecule has 33 heavy (non-hydrogen) atoms. The third kappa shape index (κ3) is 3.27. The van der Waals surface area contributed by atoms with Crippen LogP contribution in [-0.4, -0.2) is 47.7 Å². The number of carbonyl (C=O) groups excluding carboxylic acids is 1. The Morgan fingerprint density at radius 3 is 2.76 bits per heavy atom. The van der Waals surface area contributed by atoms with Crippen LogP contribution in [0.25, 0.3) is 33.3 Å². The van der Waals surface area contributed by atoms with Crippen molar-refractivity contribution < 1.29 is 18.7 Å². The first-order valence-corrected chi connectivity index (χ1v) is 11.0. The molecule has 2 aliphatic rings. The minimum atomic E-state index is -0.687. The van der Waals surface area contributed by atoms with Crippen molar-refractivity contribution in [2.75, 3.05) is 32.2 Å². The molecule has 1 amide bonds. The fourth-order valence-corrected chi connectivity index (χ4v) is 4.23. The lowest BCUT2D eigenvalue weighted by Crippen LogP contribution is -2.32. The van der Waals surface area contributed by atoms with Crippen LogP contribution in [0.1, 0.15) is 18.5 Å². The first-order valence-electron chi connectivity index (χ1n) is 11.0. The average Bonchev–Trinajstić information content (AvgIpc) is 3.51. The lowest BCUT2D eigenvalue weighted by atomic mass is 9.98. The smallest absolute Gasteiger partial charge is 0.229 e. The highest BCUT2D eigenvalue weighted by Crippen LogP contribution is 2.48. The number of carbonyl (C=O) groups is 1. The van der Waals surface area contributed by atoms with Crippen LogP contribution < -0.4 is 15.8 Å². The van der Waals surface area contributed by atoms with Gasteiger partial charge in [-0.3, -0.25) is 9.78 Å². The van der Waals surface area contributed by atoms with Crippen molar-refractivity contribution in [1.82, 2.24) is 15.0 Å². The molecule has 0 atom stereocenters. The van der Waals surface area contributed by atoms with Gasteiger partial charge in [-0.15, -0.1) is 0 Å². The number of oxazole rings is 1. The number of hydrogen-bond acceptors (Lipinski definition) is 8. The molecule has 2 fully saturated rings. The van der Waals surface area contributed by atoms with E-state index in [2.05, 4.69) is 15.3 Å². The maximum atomic E-state index is 12.1. The van der Waals surface area contributed by atoms with E-state index < -0.39 is 5.41 Å². The van der Waals surface area contributed by atoms with E-state index in [1.807, 2.05) is 24.3 Å². The van der Waals surface area contributed by atoms with Gasteiger partial charge in [0.05, 0.1) is 36.5 Å². The number of fused-ring (bicyclic) bond motifs is 2. The molecule has 0 spiro atoms. The van der Waals surface area contributed by atoms with Crippen molar-refractivity contribution in [3.63, 3.8) is 0 Å². The highest BCUT2D eigenvalue weighted by molar-refractivity contribution is 6.01. The fourth-order valence-electron chi connectivity index (χ4n) is 4.23. The number of nitrogens with zero attached hydrogens (tertiary/aromatic N) is 3. The van der Waals surface area contributed by atoms with Crippen LogP contribution in [-0.2, 0) is 14.9 Å². The van der Waals surface area contributed by atoms with Gasteiger partial charge in [-0.1, -0.05) is 0 Å². The van der Waals surface area contributed by atoms with Crippen LogP contribution in [0.3, 0.4) is 0 Å². The summed E-state index contributed by atoms with van der Waals surface area (Å²) >= 11 is 0. The summed E-state index contributed by atoms with van der Waals surface area (Å²) in [5.41, 5.74) is 7.74. The highest BCUT2D eigenvalue weighted by Gasteiger charge is 2.51. The molecule has 4 heterocycles. The van der Waals surface area contributed by atoms with Crippen LogP contribution in [0.4, 0.5) is 5.82 Å². The Kier molecular flexibility index (Phi) is 4.48. The Morgan fingerprint density at radius 2 is 2.06 bits per heavy atom. The van der Waals surface area contributed by atoms with E-state index in [1.54, 1.807) is 19.4 Å². The predicted molar refractivity (Wildman–Crippen MR) is 122 cm³/mol. The number of hydrogen-bond donors (Lipinski definition) is 2. The van der Waals surface area contributed by atoms with E-state index >= 15 is 0 Å². The number of aromatic nitrogens is 3. The summed E-state index contributed by atoms with van der Waals surface area (Å²) in [6.45, 7) is 2.10. The largest absolute Gasteiger partial charge is 0.493 e. The minimum Gasteiger partial charge on any atom is -0.493 e. The molecule has 1 aromatic carbocycles. The van der Waals surface area contributed by atoms with Gasteiger partial charge in [0.25, 0.3) is 0 Å². The molecule has 6 rings (SSSR count). The van der Waals surface area contributed by atoms with Crippen LogP contribution >= 0.6 is 0 Å². The molecule has 0 unspecified atom stereocenters. The van der Waals surface area contributed by atoms with Gasteiger partial charge >= 0.3 is 0 Å². The second-order valence-corrected chi connectivity index (χ2v) is 8.70. The summed E-state index contributed by atoms with van der Waals surface area (Å²) in [7, 11) is 1.80. The number of primary amides is 1. The lowest BCUT2D eigenvalue weighted by Gasteiger charge is -2.25. The van der Waals surface area contributed by atoms with Crippen LogP contribution in [0, 0.1) is 5.92 Å². The highest BCUT2D eigenvalue weighted by atomic mass is 16.5. The molecule has 1 aliphatic heterocycles. The quantitative estimate of drug-likeness (QED) is 0.445. The second kappa shape index (κ2) is 7.41. The Bertz CT molecular complexity index is 1390. The lowest BCUT2D eigenvalue weighted by molar-refractivity contribution is -0.120. The van der Waals surface area contributed by atoms with Gasteiger partial charge in [0, 0.05) is 42.2 Å². The first-order chi connectivity index (χ1) is 16.1. The molecule has 168 valence electrons. The summed E-state index contributed by atoms with van der Waals surface area (Å²) in [5.74, 6) is 1.96. The number of nitrogens with one attached hydrogen (secondary N) is 1. The zero-order valence-electron chi connectivity index (χ0n) is 18.1. The SMILES string of the molecule is CNc1ncc(-c2nc3cc(OCC4COC4)ccc3o2)c2cc(C3(C(N)=O)CC3)ncc12. The number of amides is 1. The number of ether oxygens (including phenoxy) is 2. The summed E-state index contributed by atoms with van der Waals surface area (Å²) in [4.78, 5) is 25.8.